The maximum Gasteiger partial charge on any atom is 0.321 e. The molecule has 0 aliphatic heterocycles. The fourth-order valence-electron chi connectivity index (χ4n) is 2.61. The molecule has 3 rings (SSSR count). The molecule has 0 radical (unpaired) electrons. The minimum atomic E-state index is -4.14. The van der Waals surface area contributed by atoms with E-state index in [4.69, 9.17) is 4.74 Å². The van der Waals surface area contributed by atoms with Gasteiger partial charge in [-0.1, -0.05) is 12.1 Å². The van der Waals surface area contributed by atoms with Gasteiger partial charge in [0.05, 0.1) is 20.0 Å². The molecule has 1 aromatic heterocycles. The maximum absolute atomic E-state index is 12.4. The third kappa shape index (κ3) is 4.90. The number of aromatic nitrogens is 1. The molecule has 1 N–H and O–H groups in total. The highest BCUT2D eigenvalue weighted by atomic mass is 32.2. The van der Waals surface area contributed by atoms with Crippen LogP contribution < -0.4 is 9.62 Å². The Kier molecular flexibility index (Phi) is 6.29. The first-order chi connectivity index (χ1) is 14.2. The van der Waals surface area contributed by atoms with Crippen molar-refractivity contribution in [1.29, 1.82) is 0 Å². The van der Waals surface area contributed by atoms with E-state index in [0.29, 0.717) is 5.01 Å². The van der Waals surface area contributed by atoms with E-state index >= 15 is 0 Å². The lowest BCUT2D eigenvalue weighted by molar-refractivity contribution is -0.384. The van der Waals surface area contributed by atoms with Crippen LogP contribution in [0.25, 0.3) is 10.2 Å². The number of hydrogen-bond acceptors (Lipinski definition) is 9. The van der Waals surface area contributed by atoms with Crippen LogP contribution in [0.2, 0.25) is 0 Å². The Labute approximate surface area is 176 Å². The minimum Gasteiger partial charge on any atom is -0.457 e. The predicted octanol–water partition coefficient (Wildman–Crippen LogP) is 2.29. The van der Waals surface area contributed by atoms with Crippen molar-refractivity contribution >= 4 is 48.9 Å². The zero-order valence-electron chi connectivity index (χ0n) is 16.1. The molecule has 0 unspecified atom stereocenters. The molecule has 3 aromatic rings. The van der Waals surface area contributed by atoms with Crippen molar-refractivity contribution in [2.75, 3.05) is 25.5 Å². The minimum absolute atomic E-state index is 0.0804. The molecule has 30 heavy (non-hydrogen) atoms. The summed E-state index contributed by atoms with van der Waals surface area (Å²) >= 11 is 1.37. The zero-order chi connectivity index (χ0) is 21.9. The number of nitrogens with one attached hydrogen (secondary N) is 1. The molecule has 0 bridgehead atoms. The van der Waals surface area contributed by atoms with Gasteiger partial charge in [0.25, 0.3) is 5.69 Å². The van der Waals surface area contributed by atoms with Crippen LogP contribution in [0, 0.1) is 10.1 Å². The first-order valence-corrected chi connectivity index (χ1v) is 10.9. The fraction of sp³-hybridized carbons (Fsp3) is 0.222. The summed E-state index contributed by atoms with van der Waals surface area (Å²) in [6.07, 6.45) is 0. The number of nitro benzene ring substituents is 1. The Morgan fingerprint density at radius 3 is 2.67 bits per heavy atom. The summed E-state index contributed by atoms with van der Waals surface area (Å²) < 4.78 is 33.0. The Balaban J connectivity index is 1.63. The standard InChI is InChI=1S/C18H18N4O6S2/c1-21(2)14-8-7-12(9-15(14)22(24)25)30(26,27)19-10-18(23)28-11-17-20-13-5-3-4-6-16(13)29-17/h3-9,19H,10-11H2,1-2H3. The highest BCUT2D eigenvalue weighted by molar-refractivity contribution is 7.89. The molecule has 0 saturated heterocycles. The Morgan fingerprint density at radius 1 is 1.27 bits per heavy atom. The summed E-state index contributed by atoms with van der Waals surface area (Å²) in [5.41, 5.74) is 0.687. The van der Waals surface area contributed by atoms with E-state index in [1.807, 2.05) is 24.3 Å². The normalized spacial score (nSPS) is 11.4. The van der Waals surface area contributed by atoms with Crippen molar-refractivity contribution in [3.05, 3.63) is 57.6 Å². The van der Waals surface area contributed by atoms with Gasteiger partial charge in [0, 0.05) is 20.2 Å². The molecular formula is C18H18N4O6S2. The highest BCUT2D eigenvalue weighted by Gasteiger charge is 2.23. The zero-order valence-corrected chi connectivity index (χ0v) is 17.7. The lowest BCUT2D eigenvalue weighted by Gasteiger charge is -2.13. The number of nitro groups is 1. The van der Waals surface area contributed by atoms with Gasteiger partial charge in [0.2, 0.25) is 10.0 Å². The van der Waals surface area contributed by atoms with Crippen LogP contribution in [0.15, 0.2) is 47.4 Å². The first-order valence-electron chi connectivity index (χ1n) is 8.63. The van der Waals surface area contributed by atoms with Crippen LogP contribution in [0.5, 0.6) is 0 Å². The van der Waals surface area contributed by atoms with E-state index in [1.165, 1.54) is 28.4 Å². The molecule has 2 aromatic carbocycles. The van der Waals surface area contributed by atoms with E-state index in [9.17, 15) is 23.3 Å². The average molecular weight is 450 g/mol. The summed E-state index contributed by atoms with van der Waals surface area (Å²) in [5, 5.41) is 11.8. The Hall–Kier alpha value is -3.09. The number of fused-ring (bicyclic) bond motifs is 1. The lowest BCUT2D eigenvalue weighted by Crippen LogP contribution is -2.30. The molecule has 0 spiro atoms. The van der Waals surface area contributed by atoms with E-state index < -0.39 is 27.5 Å². The largest absolute Gasteiger partial charge is 0.457 e. The number of hydrogen-bond donors (Lipinski definition) is 1. The van der Waals surface area contributed by atoms with Gasteiger partial charge in [0.1, 0.15) is 23.8 Å². The molecule has 0 saturated carbocycles. The summed E-state index contributed by atoms with van der Waals surface area (Å²) in [6.45, 7) is -0.695. The highest BCUT2D eigenvalue weighted by Crippen LogP contribution is 2.29. The molecule has 10 nitrogen and oxygen atoms in total. The molecule has 0 atom stereocenters. The van der Waals surface area contributed by atoms with Gasteiger partial charge in [-0.05, 0) is 24.3 Å². The first kappa shape index (κ1) is 21.6. The van der Waals surface area contributed by atoms with Crippen molar-refractivity contribution in [1.82, 2.24) is 9.71 Å². The summed E-state index contributed by atoms with van der Waals surface area (Å²) in [4.78, 5) is 28.0. The smallest absolute Gasteiger partial charge is 0.321 e. The van der Waals surface area contributed by atoms with E-state index in [0.717, 1.165) is 16.3 Å². The Morgan fingerprint density at radius 2 is 2.00 bits per heavy atom. The number of sulfonamides is 1. The SMILES string of the molecule is CN(C)c1ccc(S(=O)(=O)NCC(=O)OCc2nc3ccccc3s2)cc1[N+](=O)[O-]. The molecule has 0 amide bonds. The van der Waals surface area contributed by atoms with Gasteiger partial charge < -0.3 is 9.64 Å². The molecule has 12 heteroatoms. The summed E-state index contributed by atoms with van der Waals surface area (Å²) in [7, 11) is -0.929. The lowest BCUT2D eigenvalue weighted by atomic mass is 10.2. The van der Waals surface area contributed by atoms with Gasteiger partial charge in [-0.2, -0.15) is 4.72 Å². The van der Waals surface area contributed by atoms with Crippen LogP contribution in [-0.4, -0.2) is 44.9 Å². The average Bonchev–Trinajstić information content (AvgIpc) is 3.13. The number of carbonyl (C=O) groups excluding carboxylic acids is 1. The van der Waals surface area contributed by atoms with E-state index in [1.54, 1.807) is 14.1 Å². The number of nitrogens with zero attached hydrogens (tertiary/aromatic N) is 3. The van der Waals surface area contributed by atoms with Crippen molar-refractivity contribution in [3.63, 3.8) is 0 Å². The van der Waals surface area contributed by atoms with Gasteiger partial charge in [0.15, 0.2) is 0 Å². The van der Waals surface area contributed by atoms with Crippen molar-refractivity contribution in [2.24, 2.45) is 0 Å². The van der Waals surface area contributed by atoms with Crippen LogP contribution in [0.3, 0.4) is 0 Å². The topological polar surface area (TPSA) is 132 Å². The van der Waals surface area contributed by atoms with Crippen molar-refractivity contribution < 1.29 is 22.9 Å². The van der Waals surface area contributed by atoms with Crippen molar-refractivity contribution in [2.45, 2.75) is 11.5 Å². The molecular weight excluding hydrogens is 432 g/mol. The summed E-state index contributed by atoms with van der Waals surface area (Å²) in [6, 6.07) is 11.0. The van der Waals surface area contributed by atoms with Crippen LogP contribution in [-0.2, 0) is 26.2 Å². The third-order valence-corrected chi connectivity index (χ3v) is 6.45. The third-order valence-electron chi connectivity index (χ3n) is 4.04. The summed E-state index contributed by atoms with van der Waals surface area (Å²) in [5.74, 6) is -0.794. The Bertz CT molecular complexity index is 1170. The van der Waals surface area contributed by atoms with E-state index in [-0.39, 0.29) is 22.9 Å². The number of ether oxygens (including phenoxy) is 1. The number of para-hydroxylation sites is 1. The number of rotatable bonds is 8. The van der Waals surface area contributed by atoms with Crippen LogP contribution in [0.4, 0.5) is 11.4 Å². The fourth-order valence-corrected chi connectivity index (χ4v) is 4.48. The quantitative estimate of drug-likeness (QED) is 0.314. The van der Waals surface area contributed by atoms with Crippen molar-refractivity contribution in [3.8, 4) is 0 Å². The molecule has 1 heterocycles. The van der Waals surface area contributed by atoms with Gasteiger partial charge in [-0.25, -0.2) is 13.4 Å². The molecule has 0 aliphatic carbocycles. The molecule has 158 valence electrons. The number of benzene rings is 2. The maximum atomic E-state index is 12.4. The predicted molar refractivity (Wildman–Crippen MR) is 112 cm³/mol. The number of esters is 1. The number of carbonyl (C=O) groups is 1. The second-order valence-corrected chi connectivity index (χ2v) is 9.24. The molecule has 0 fully saturated rings. The van der Waals surface area contributed by atoms with Gasteiger partial charge in [-0.3, -0.25) is 14.9 Å². The number of thiazole rings is 1. The second-order valence-electron chi connectivity index (χ2n) is 6.36. The van der Waals surface area contributed by atoms with E-state index in [2.05, 4.69) is 9.71 Å². The van der Waals surface area contributed by atoms with Gasteiger partial charge >= 0.3 is 5.97 Å². The monoisotopic (exact) mass is 450 g/mol. The van der Waals surface area contributed by atoms with Gasteiger partial charge in [-0.15, -0.1) is 11.3 Å². The van der Waals surface area contributed by atoms with Crippen LogP contribution in [0.1, 0.15) is 5.01 Å². The number of anilines is 1. The van der Waals surface area contributed by atoms with Crippen LogP contribution >= 0.6 is 11.3 Å². The molecule has 0 aliphatic rings. The second kappa shape index (κ2) is 8.73.